The molecule has 1 aliphatic rings. The van der Waals surface area contributed by atoms with Crippen molar-refractivity contribution in [3.8, 4) is 23.1 Å². The molecule has 0 atom stereocenters. The highest BCUT2D eigenvalue weighted by atomic mass is 32.2. The monoisotopic (exact) mass is 395 g/mol. The molecule has 6 nitrogen and oxygen atoms in total. The molecule has 2 aromatic carbocycles. The SMILES string of the molecule is CCn1c(-c2ccc(N3CCCS3(=O)=O)cc2)c(C#N)c2ccc(OC)cc21. The van der Waals surface area contributed by atoms with E-state index in [1.807, 2.05) is 49.4 Å². The molecule has 0 amide bonds. The van der Waals surface area contributed by atoms with E-state index in [1.165, 1.54) is 4.31 Å². The maximum Gasteiger partial charge on any atom is 0.235 e. The van der Waals surface area contributed by atoms with E-state index in [-0.39, 0.29) is 5.75 Å². The average Bonchev–Trinajstić information content (AvgIpc) is 3.23. The lowest BCUT2D eigenvalue weighted by Crippen LogP contribution is -2.24. The van der Waals surface area contributed by atoms with Crippen LogP contribution >= 0.6 is 0 Å². The number of benzene rings is 2. The molecule has 3 aromatic rings. The standard InChI is InChI=1S/C21H21N3O3S/c1-3-23-20-13-17(27-2)9-10-18(20)19(14-22)21(23)15-5-7-16(8-6-15)24-11-4-12-28(24,25)26/h5-10,13H,3-4,11-12H2,1-2H3. The molecule has 1 aliphatic heterocycles. The highest BCUT2D eigenvalue weighted by Crippen LogP contribution is 2.36. The minimum atomic E-state index is -3.21. The molecule has 2 heterocycles. The van der Waals surface area contributed by atoms with Crippen molar-refractivity contribution in [2.75, 3.05) is 23.7 Å². The van der Waals surface area contributed by atoms with Gasteiger partial charge in [-0.3, -0.25) is 4.31 Å². The van der Waals surface area contributed by atoms with Crippen molar-refractivity contribution >= 4 is 26.6 Å². The number of nitriles is 1. The van der Waals surface area contributed by atoms with Gasteiger partial charge in [0.05, 0.1) is 35.3 Å². The van der Waals surface area contributed by atoms with Gasteiger partial charge in [-0.2, -0.15) is 5.26 Å². The van der Waals surface area contributed by atoms with Crippen LogP contribution in [-0.4, -0.2) is 32.4 Å². The van der Waals surface area contributed by atoms with E-state index in [9.17, 15) is 13.7 Å². The van der Waals surface area contributed by atoms with E-state index in [2.05, 4.69) is 10.6 Å². The number of aryl methyl sites for hydroxylation is 1. The first-order valence-corrected chi connectivity index (χ1v) is 10.8. The first-order chi connectivity index (χ1) is 13.5. The predicted octanol–water partition coefficient (Wildman–Crippen LogP) is 3.75. The van der Waals surface area contributed by atoms with Crippen molar-refractivity contribution < 1.29 is 13.2 Å². The summed E-state index contributed by atoms with van der Waals surface area (Å²) in [4.78, 5) is 0. The van der Waals surface area contributed by atoms with Gasteiger partial charge in [-0.25, -0.2) is 8.42 Å². The first-order valence-electron chi connectivity index (χ1n) is 9.21. The van der Waals surface area contributed by atoms with Crippen LogP contribution in [0, 0.1) is 11.3 Å². The van der Waals surface area contributed by atoms with Crippen LogP contribution in [0.25, 0.3) is 22.2 Å². The van der Waals surface area contributed by atoms with Crippen LogP contribution in [0.2, 0.25) is 0 Å². The predicted molar refractivity (Wildman–Crippen MR) is 110 cm³/mol. The molecule has 4 rings (SSSR count). The van der Waals surface area contributed by atoms with Gasteiger partial charge in [0.15, 0.2) is 0 Å². The molecule has 1 saturated heterocycles. The Bertz CT molecular complexity index is 1190. The molecule has 0 saturated carbocycles. The maximum absolute atomic E-state index is 12.2. The van der Waals surface area contributed by atoms with Gasteiger partial charge in [-0.05, 0) is 43.2 Å². The summed E-state index contributed by atoms with van der Waals surface area (Å²) in [6, 6.07) is 15.5. The number of anilines is 1. The van der Waals surface area contributed by atoms with Gasteiger partial charge in [0.25, 0.3) is 0 Å². The Morgan fingerprint density at radius 2 is 1.93 bits per heavy atom. The third-order valence-electron chi connectivity index (χ3n) is 5.23. The van der Waals surface area contributed by atoms with Crippen molar-refractivity contribution in [2.45, 2.75) is 19.9 Å². The molecule has 7 heteroatoms. The van der Waals surface area contributed by atoms with E-state index in [4.69, 9.17) is 4.74 Å². The Balaban J connectivity index is 1.86. The molecule has 0 aliphatic carbocycles. The molecule has 144 valence electrons. The third-order valence-corrected chi connectivity index (χ3v) is 7.10. The van der Waals surface area contributed by atoms with Gasteiger partial charge in [0, 0.05) is 24.5 Å². The summed E-state index contributed by atoms with van der Waals surface area (Å²) in [5.74, 6) is 0.935. The highest BCUT2D eigenvalue weighted by molar-refractivity contribution is 7.93. The quantitative estimate of drug-likeness (QED) is 0.674. The minimum Gasteiger partial charge on any atom is -0.497 e. The Morgan fingerprint density at radius 3 is 2.50 bits per heavy atom. The van der Waals surface area contributed by atoms with Crippen LogP contribution in [0.1, 0.15) is 18.9 Å². The molecule has 0 spiro atoms. The molecule has 0 unspecified atom stereocenters. The minimum absolute atomic E-state index is 0.194. The zero-order chi connectivity index (χ0) is 19.9. The number of ether oxygens (including phenoxy) is 1. The summed E-state index contributed by atoms with van der Waals surface area (Å²) in [7, 11) is -1.59. The summed E-state index contributed by atoms with van der Waals surface area (Å²) < 4.78 is 33.2. The molecular formula is C21H21N3O3S. The van der Waals surface area contributed by atoms with E-state index >= 15 is 0 Å². The lowest BCUT2D eigenvalue weighted by atomic mass is 10.1. The van der Waals surface area contributed by atoms with Crippen LogP contribution in [0.4, 0.5) is 5.69 Å². The van der Waals surface area contributed by atoms with Crippen LogP contribution in [-0.2, 0) is 16.6 Å². The van der Waals surface area contributed by atoms with Crippen LogP contribution in [0.5, 0.6) is 5.75 Å². The zero-order valence-corrected chi connectivity index (χ0v) is 16.7. The fraction of sp³-hybridized carbons (Fsp3) is 0.286. The second kappa shape index (κ2) is 6.88. The molecule has 0 N–H and O–H groups in total. The van der Waals surface area contributed by atoms with Gasteiger partial charge < -0.3 is 9.30 Å². The van der Waals surface area contributed by atoms with Gasteiger partial charge in [0.1, 0.15) is 11.8 Å². The Morgan fingerprint density at radius 1 is 1.18 bits per heavy atom. The molecule has 28 heavy (non-hydrogen) atoms. The summed E-state index contributed by atoms with van der Waals surface area (Å²) in [6.07, 6.45) is 0.647. The van der Waals surface area contributed by atoms with E-state index in [0.717, 1.165) is 27.9 Å². The van der Waals surface area contributed by atoms with E-state index in [1.54, 1.807) is 7.11 Å². The highest BCUT2D eigenvalue weighted by Gasteiger charge is 2.28. The topological polar surface area (TPSA) is 75.3 Å². The van der Waals surface area contributed by atoms with Crippen LogP contribution in [0.15, 0.2) is 42.5 Å². The number of sulfonamides is 1. The second-order valence-corrected chi connectivity index (χ2v) is 8.76. The number of hydrogen-bond acceptors (Lipinski definition) is 4. The summed E-state index contributed by atoms with van der Waals surface area (Å²) >= 11 is 0. The fourth-order valence-corrected chi connectivity index (χ4v) is 5.48. The van der Waals surface area contributed by atoms with Gasteiger partial charge >= 0.3 is 0 Å². The number of aromatic nitrogens is 1. The number of hydrogen-bond donors (Lipinski definition) is 0. The smallest absolute Gasteiger partial charge is 0.235 e. The number of nitrogens with zero attached hydrogens (tertiary/aromatic N) is 3. The summed E-state index contributed by atoms with van der Waals surface area (Å²) in [5.41, 5.74) is 3.94. The average molecular weight is 395 g/mol. The zero-order valence-electron chi connectivity index (χ0n) is 15.8. The second-order valence-electron chi connectivity index (χ2n) is 6.75. The molecule has 1 aromatic heterocycles. The summed E-state index contributed by atoms with van der Waals surface area (Å²) in [6.45, 7) is 3.25. The Labute approximate surface area is 164 Å². The van der Waals surface area contributed by atoms with Crippen molar-refractivity contribution in [1.29, 1.82) is 5.26 Å². The number of methoxy groups -OCH3 is 1. The maximum atomic E-state index is 12.2. The molecule has 0 radical (unpaired) electrons. The lowest BCUT2D eigenvalue weighted by molar-refractivity contribution is 0.415. The summed E-state index contributed by atoms with van der Waals surface area (Å²) in [5, 5.41) is 10.7. The first kappa shape index (κ1) is 18.4. The molecule has 0 bridgehead atoms. The Kier molecular flexibility index (Phi) is 4.52. The normalized spacial score (nSPS) is 15.7. The van der Waals surface area contributed by atoms with Gasteiger partial charge in [-0.15, -0.1) is 0 Å². The van der Waals surface area contributed by atoms with Crippen LogP contribution in [0.3, 0.4) is 0 Å². The molecular weight excluding hydrogens is 374 g/mol. The lowest BCUT2D eigenvalue weighted by Gasteiger charge is -2.17. The van der Waals surface area contributed by atoms with Gasteiger partial charge in [-0.1, -0.05) is 12.1 Å². The van der Waals surface area contributed by atoms with Crippen molar-refractivity contribution in [2.24, 2.45) is 0 Å². The van der Waals surface area contributed by atoms with Crippen molar-refractivity contribution in [1.82, 2.24) is 4.57 Å². The van der Waals surface area contributed by atoms with E-state index in [0.29, 0.717) is 30.8 Å². The molecule has 1 fully saturated rings. The van der Waals surface area contributed by atoms with Crippen molar-refractivity contribution in [3.63, 3.8) is 0 Å². The van der Waals surface area contributed by atoms with Crippen LogP contribution < -0.4 is 9.04 Å². The third kappa shape index (κ3) is 2.81. The van der Waals surface area contributed by atoms with E-state index < -0.39 is 10.0 Å². The largest absolute Gasteiger partial charge is 0.497 e. The number of rotatable bonds is 4. The number of fused-ring (bicyclic) bond motifs is 1. The van der Waals surface area contributed by atoms with Gasteiger partial charge in [0.2, 0.25) is 10.0 Å². The van der Waals surface area contributed by atoms with Crippen molar-refractivity contribution in [3.05, 3.63) is 48.0 Å². The Hall–Kier alpha value is -2.98. The fourth-order valence-electron chi connectivity index (χ4n) is 3.91.